The smallest absolute Gasteiger partial charge is 0.105 e. The SMILES string of the molecule is Cc1ccc2nnsc2c1. The molecule has 0 saturated carbocycles. The number of rotatable bonds is 0. The normalized spacial score (nSPS) is 10.5. The molecule has 2 aromatic rings. The third-order valence-electron chi connectivity index (χ3n) is 1.40. The fourth-order valence-corrected chi connectivity index (χ4v) is 1.54. The molecule has 50 valence electrons. The summed E-state index contributed by atoms with van der Waals surface area (Å²) in [6, 6.07) is 6.14. The molecule has 0 amide bonds. The van der Waals surface area contributed by atoms with E-state index in [0.29, 0.717) is 0 Å². The van der Waals surface area contributed by atoms with Gasteiger partial charge in [-0.3, -0.25) is 0 Å². The van der Waals surface area contributed by atoms with Crippen molar-refractivity contribution in [2.45, 2.75) is 6.92 Å². The first-order valence-electron chi connectivity index (χ1n) is 3.05. The minimum absolute atomic E-state index is 0.996. The summed E-state index contributed by atoms with van der Waals surface area (Å²) in [5.41, 5.74) is 2.26. The molecule has 0 bridgehead atoms. The van der Waals surface area contributed by atoms with Gasteiger partial charge < -0.3 is 0 Å². The van der Waals surface area contributed by atoms with E-state index in [-0.39, 0.29) is 0 Å². The Bertz CT molecular complexity index is 353. The molecular weight excluding hydrogens is 144 g/mol. The van der Waals surface area contributed by atoms with E-state index in [4.69, 9.17) is 0 Å². The fraction of sp³-hybridized carbons (Fsp3) is 0.143. The molecule has 0 aliphatic carbocycles. The van der Waals surface area contributed by atoms with Gasteiger partial charge in [0, 0.05) is 0 Å². The van der Waals surface area contributed by atoms with E-state index >= 15 is 0 Å². The van der Waals surface area contributed by atoms with Crippen molar-refractivity contribution in [3.8, 4) is 0 Å². The molecule has 0 atom stereocenters. The maximum atomic E-state index is 3.93. The average molecular weight is 150 g/mol. The predicted molar refractivity (Wildman–Crippen MR) is 42.2 cm³/mol. The Hall–Kier alpha value is -0.960. The van der Waals surface area contributed by atoms with Crippen molar-refractivity contribution in [2.75, 3.05) is 0 Å². The van der Waals surface area contributed by atoms with Gasteiger partial charge in [0.1, 0.15) is 5.52 Å². The summed E-state index contributed by atoms with van der Waals surface area (Å²) in [5.74, 6) is 0. The highest BCUT2D eigenvalue weighted by Crippen LogP contribution is 2.15. The zero-order valence-corrected chi connectivity index (χ0v) is 6.35. The van der Waals surface area contributed by atoms with Crippen LogP contribution in [0.2, 0.25) is 0 Å². The molecule has 0 fully saturated rings. The van der Waals surface area contributed by atoms with Crippen LogP contribution < -0.4 is 0 Å². The van der Waals surface area contributed by atoms with Crippen LogP contribution in [0.1, 0.15) is 5.56 Å². The predicted octanol–water partition coefficient (Wildman–Crippen LogP) is 2.00. The minimum Gasteiger partial charge on any atom is -0.138 e. The van der Waals surface area contributed by atoms with Crippen LogP contribution in [0.25, 0.3) is 10.2 Å². The number of fused-ring (bicyclic) bond motifs is 1. The molecule has 1 aromatic carbocycles. The molecule has 0 spiro atoms. The van der Waals surface area contributed by atoms with Gasteiger partial charge in [-0.15, -0.1) is 5.10 Å². The van der Waals surface area contributed by atoms with E-state index in [1.165, 1.54) is 21.8 Å². The van der Waals surface area contributed by atoms with Crippen LogP contribution in [-0.4, -0.2) is 9.59 Å². The highest BCUT2D eigenvalue weighted by atomic mass is 32.1. The summed E-state index contributed by atoms with van der Waals surface area (Å²) in [5, 5.41) is 3.93. The Kier molecular flexibility index (Phi) is 1.17. The van der Waals surface area contributed by atoms with E-state index in [1.807, 2.05) is 12.1 Å². The summed E-state index contributed by atoms with van der Waals surface area (Å²) >= 11 is 1.44. The van der Waals surface area contributed by atoms with Crippen LogP contribution in [0.5, 0.6) is 0 Å². The lowest BCUT2D eigenvalue weighted by molar-refractivity contribution is 1.20. The lowest BCUT2D eigenvalue weighted by atomic mass is 10.2. The molecule has 1 aromatic heterocycles. The largest absolute Gasteiger partial charge is 0.138 e. The zero-order chi connectivity index (χ0) is 6.97. The number of nitrogens with zero attached hydrogens (tertiary/aromatic N) is 2. The molecule has 0 saturated heterocycles. The van der Waals surface area contributed by atoms with Crippen LogP contribution >= 0.6 is 11.5 Å². The van der Waals surface area contributed by atoms with Crippen LogP contribution in [0.3, 0.4) is 0 Å². The molecule has 0 aliphatic rings. The van der Waals surface area contributed by atoms with Gasteiger partial charge in [-0.05, 0) is 36.2 Å². The first-order valence-corrected chi connectivity index (χ1v) is 3.82. The van der Waals surface area contributed by atoms with Crippen molar-refractivity contribution in [3.63, 3.8) is 0 Å². The van der Waals surface area contributed by atoms with Gasteiger partial charge in [0.15, 0.2) is 0 Å². The summed E-state index contributed by atoms with van der Waals surface area (Å²) in [7, 11) is 0. The Morgan fingerprint density at radius 3 is 3.20 bits per heavy atom. The Labute approximate surface area is 62.7 Å². The van der Waals surface area contributed by atoms with Crippen molar-refractivity contribution in [1.82, 2.24) is 9.59 Å². The first kappa shape index (κ1) is 5.80. The Morgan fingerprint density at radius 1 is 1.40 bits per heavy atom. The highest BCUT2D eigenvalue weighted by Gasteiger charge is 1.95. The molecule has 0 radical (unpaired) electrons. The number of hydrogen-bond acceptors (Lipinski definition) is 3. The van der Waals surface area contributed by atoms with E-state index in [2.05, 4.69) is 22.6 Å². The summed E-state index contributed by atoms with van der Waals surface area (Å²) in [6.07, 6.45) is 0. The summed E-state index contributed by atoms with van der Waals surface area (Å²) in [4.78, 5) is 0. The quantitative estimate of drug-likeness (QED) is 0.574. The van der Waals surface area contributed by atoms with Crippen molar-refractivity contribution in [2.24, 2.45) is 0 Å². The minimum atomic E-state index is 0.996. The molecular formula is C7H6N2S. The topological polar surface area (TPSA) is 25.8 Å². The molecule has 0 aliphatic heterocycles. The van der Waals surface area contributed by atoms with Gasteiger partial charge in [0.25, 0.3) is 0 Å². The van der Waals surface area contributed by atoms with E-state index in [1.54, 1.807) is 0 Å². The third kappa shape index (κ3) is 0.789. The highest BCUT2D eigenvalue weighted by molar-refractivity contribution is 7.12. The summed E-state index contributed by atoms with van der Waals surface area (Å²) in [6.45, 7) is 2.07. The van der Waals surface area contributed by atoms with E-state index in [0.717, 1.165) is 5.52 Å². The number of aromatic nitrogens is 2. The standard InChI is InChI=1S/C7H6N2S/c1-5-2-3-6-7(4-5)10-9-8-6/h2-4H,1H3. The van der Waals surface area contributed by atoms with Gasteiger partial charge in [0.2, 0.25) is 0 Å². The van der Waals surface area contributed by atoms with E-state index in [9.17, 15) is 0 Å². The van der Waals surface area contributed by atoms with Gasteiger partial charge in [0.05, 0.1) is 4.70 Å². The van der Waals surface area contributed by atoms with Gasteiger partial charge in [-0.2, -0.15) is 0 Å². The third-order valence-corrected chi connectivity index (χ3v) is 2.09. The molecule has 3 heteroatoms. The Balaban J connectivity index is 2.86. The van der Waals surface area contributed by atoms with Crippen LogP contribution in [-0.2, 0) is 0 Å². The molecule has 0 unspecified atom stereocenters. The van der Waals surface area contributed by atoms with Gasteiger partial charge in [-0.25, -0.2) is 0 Å². The molecule has 10 heavy (non-hydrogen) atoms. The second-order valence-electron chi connectivity index (χ2n) is 2.24. The average Bonchev–Trinajstić information content (AvgIpc) is 2.33. The van der Waals surface area contributed by atoms with Crippen molar-refractivity contribution in [1.29, 1.82) is 0 Å². The molecule has 1 heterocycles. The summed E-state index contributed by atoms with van der Waals surface area (Å²) < 4.78 is 5.00. The maximum absolute atomic E-state index is 3.93. The van der Waals surface area contributed by atoms with Gasteiger partial charge in [-0.1, -0.05) is 10.6 Å². The maximum Gasteiger partial charge on any atom is 0.105 e. The van der Waals surface area contributed by atoms with Crippen molar-refractivity contribution in [3.05, 3.63) is 23.8 Å². The first-order chi connectivity index (χ1) is 4.86. The molecule has 0 N–H and O–H groups in total. The second kappa shape index (κ2) is 2.02. The Morgan fingerprint density at radius 2 is 2.30 bits per heavy atom. The number of benzene rings is 1. The van der Waals surface area contributed by atoms with Crippen molar-refractivity contribution < 1.29 is 0 Å². The molecule has 2 nitrogen and oxygen atoms in total. The van der Waals surface area contributed by atoms with Crippen LogP contribution in [0.15, 0.2) is 18.2 Å². The van der Waals surface area contributed by atoms with Crippen LogP contribution in [0.4, 0.5) is 0 Å². The van der Waals surface area contributed by atoms with Gasteiger partial charge >= 0.3 is 0 Å². The lowest BCUT2D eigenvalue weighted by Crippen LogP contribution is -1.69. The molecule has 2 rings (SSSR count). The van der Waals surface area contributed by atoms with Crippen molar-refractivity contribution >= 4 is 21.7 Å². The van der Waals surface area contributed by atoms with E-state index < -0.39 is 0 Å². The van der Waals surface area contributed by atoms with Crippen LogP contribution in [0, 0.1) is 6.92 Å². The second-order valence-corrected chi connectivity index (χ2v) is 3.03. The lowest BCUT2D eigenvalue weighted by Gasteiger charge is -1.87. The fourth-order valence-electron chi connectivity index (χ4n) is 0.885. The zero-order valence-electron chi connectivity index (χ0n) is 5.53. The number of aryl methyl sites for hydroxylation is 1. The monoisotopic (exact) mass is 150 g/mol. The number of hydrogen-bond donors (Lipinski definition) is 0.